The van der Waals surface area contributed by atoms with Gasteiger partial charge in [-0.2, -0.15) is 0 Å². The van der Waals surface area contributed by atoms with E-state index in [1.54, 1.807) is 6.08 Å². The number of rotatable bonds is 6. The molecule has 4 N–H and O–H groups in total. The summed E-state index contributed by atoms with van der Waals surface area (Å²) in [6.45, 7) is 4.12. The van der Waals surface area contributed by atoms with E-state index in [0.29, 0.717) is 18.8 Å². The maximum atomic E-state index is 11.8. The summed E-state index contributed by atoms with van der Waals surface area (Å²) >= 11 is 0. The first kappa shape index (κ1) is 14.7. The van der Waals surface area contributed by atoms with Gasteiger partial charge < -0.3 is 16.2 Å². The molecule has 0 aromatic heterocycles. The van der Waals surface area contributed by atoms with E-state index < -0.39 is 11.9 Å². The summed E-state index contributed by atoms with van der Waals surface area (Å²) in [5, 5.41) is 11.8. The Bertz CT molecular complexity index is 339. The average Bonchev–Trinajstić information content (AvgIpc) is 2.69. The Hall–Kier alpha value is -1.36. The number of carboxylic acids is 1. The number of hydrogen-bond donors (Lipinski definition) is 3. The Morgan fingerprint density at radius 2 is 2.11 bits per heavy atom. The first-order chi connectivity index (χ1) is 8.40. The lowest BCUT2D eigenvalue weighted by molar-refractivity contribution is -0.142. The summed E-state index contributed by atoms with van der Waals surface area (Å²) in [5.41, 5.74) is 5.67. The van der Waals surface area contributed by atoms with Crippen molar-refractivity contribution in [3.05, 3.63) is 12.2 Å². The van der Waals surface area contributed by atoms with Crippen LogP contribution in [0, 0.1) is 17.8 Å². The van der Waals surface area contributed by atoms with Crippen molar-refractivity contribution in [1.29, 1.82) is 0 Å². The van der Waals surface area contributed by atoms with Gasteiger partial charge >= 0.3 is 5.97 Å². The highest BCUT2D eigenvalue weighted by molar-refractivity contribution is 5.81. The van der Waals surface area contributed by atoms with Crippen molar-refractivity contribution < 1.29 is 14.7 Å². The number of nitrogens with two attached hydrogens (primary N) is 1. The van der Waals surface area contributed by atoms with Gasteiger partial charge in [-0.05, 0) is 18.8 Å². The third kappa shape index (κ3) is 4.49. The Labute approximate surface area is 107 Å². The molecule has 0 aliphatic heterocycles. The summed E-state index contributed by atoms with van der Waals surface area (Å²) in [7, 11) is 0. The molecule has 1 aliphatic rings. The zero-order valence-corrected chi connectivity index (χ0v) is 10.9. The summed E-state index contributed by atoms with van der Waals surface area (Å²) < 4.78 is 0. The second-order valence-corrected chi connectivity index (χ2v) is 5.30. The number of carboxylic acid groups (broad SMARTS) is 1. The van der Waals surface area contributed by atoms with Crippen LogP contribution in [0.1, 0.15) is 26.7 Å². The molecule has 0 saturated carbocycles. The lowest BCUT2D eigenvalue weighted by atomic mass is 9.97. The lowest BCUT2D eigenvalue weighted by Gasteiger charge is -2.17. The molecule has 0 heterocycles. The summed E-state index contributed by atoms with van der Waals surface area (Å²) in [6, 6.07) is -0.0633. The van der Waals surface area contributed by atoms with E-state index >= 15 is 0 Å². The SMILES string of the molecule is CC(C)CC(CNC(=O)C1C=CC(N)C1)C(=O)O. The van der Waals surface area contributed by atoms with E-state index in [-0.39, 0.29) is 24.4 Å². The molecule has 5 heteroatoms. The zero-order valence-electron chi connectivity index (χ0n) is 10.9. The van der Waals surface area contributed by atoms with Crippen molar-refractivity contribution in [2.45, 2.75) is 32.7 Å². The van der Waals surface area contributed by atoms with Crippen molar-refractivity contribution in [2.75, 3.05) is 6.54 Å². The molecule has 18 heavy (non-hydrogen) atoms. The van der Waals surface area contributed by atoms with E-state index in [1.807, 2.05) is 19.9 Å². The average molecular weight is 254 g/mol. The normalized spacial score (nSPS) is 24.2. The summed E-state index contributed by atoms with van der Waals surface area (Å²) in [4.78, 5) is 22.8. The third-order valence-electron chi connectivity index (χ3n) is 3.08. The molecule has 3 atom stereocenters. The van der Waals surface area contributed by atoms with Crippen LogP contribution in [0.5, 0.6) is 0 Å². The van der Waals surface area contributed by atoms with Crippen LogP contribution in [0.25, 0.3) is 0 Å². The monoisotopic (exact) mass is 254 g/mol. The minimum absolute atomic E-state index is 0.0633. The molecule has 0 saturated heterocycles. The van der Waals surface area contributed by atoms with E-state index in [0.717, 1.165) is 0 Å². The van der Waals surface area contributed by atoms with Gasteiger partial charge in [-0.3, -0.25) is 9.59 Å². The van der Waals surface area contributed by atoms with Crippen molar-refractivity contribution in [1.82, 2.24) is 5.32 Å². The fraction of sp³-hybridized carbons (Fsp3) is 0.692. The van der Waals surface area contributed by atoms with E-state index in [9.17, 15) is 9.59 Å². The Balaban J connectivity index is 2.40. The summed E-state index contributed by atoms with van der Waals surface area (Å²) in [6.07, 6.45) is 4.77. The van der Waals surface area contributed by atoms with Gasteiger partial charge in [0, 0.05) is 12.6 Å². The van der Waals surface area contributed by atoms with Gasteiger partial charge in [0.15, 0.2) is 0 Å². The summed E-state index contributed by atoms with van der Waals surface area (Å²) in [5.74, 6) is -1.43. The fourth-order valence-corrected chi connectivity index (χ4v) is 2.12. The smallest absolute Gasteiger partial charge is 0.308 e. The maximum Gasteiger partial charge on any atom is 0.308 e. The predicted molar refractivity (Wildman–Crippen MR) is 68.8 cm³/mol. The molecular weight excluding hydrogens is 232 g/mol. The lowest BCUT2D eigenvalue weighted by Crippen LogP contribution is -2.37. The van der Waals surface area contributed by atoms with E-state index in [4.69, 9.17) is 10.8 Å². The highest BCUT2D eigenvalue weighted by atomic mass is 16.4. The van der Waals surface area contributed by atoms with E-state index in [1.165, 1.54) is 0 Å². The molecule has 1 rings (SSSR count). The molecule has 1 amide bonds. The van der Waals surface area contributed by atoms with Crippen LogP contribution in [0.3, 0.4) is 0 Å². The van der Waals surface area contributed by atoms with Crippen LogP contribution in [0.2, 0.25) is 0 Å². The van der Waals surface area contributed by atoms with Crippen LogP contribution in [-0.2, 0) is 9.59 Å². The quantitative estimate of drug-likeness (QED) is 0.610. The van der Waals surface area contributed by atoms with Gasteiger partial charge in [-0.25, -0.2) is 0 Å². The molecular formula is C13H22N2O3. The van der Waals surface area contributed by atoms with Crippen molar-refractivity contribution in [3.8, 4) is 0 Å². The Kier molecular flexibility index (Phi) is 5.34. The van der Waals surface area contributed by atoms with Crippen LogP contribution < -0.4 is 11.1 Å². The number of carbonyl (C=O) groups excluding carboxylic acids is 1. The second-order valence-electron chi connectivity index (χ2n) is 5.30. The standard InChI is InChI=1S/C13H22N2O3/c1-8(2)5-10(13(17)18)7-15-12(16)9-3-4-11(14)6-9/h3-4,8-11H,5-7,14H2,1-2H3,(H,15,16)(H,17,18). The predicted octanol–water partition coefficient (Wildman–Crippen LogP) is 0.753. The topological polar surface area (TPSA) is 92.4 Å². The zero-order chi connectivity index (χ0) is 13.7. The molecule has 3 unspecified atom stereocenters. The van der Waals surface area contributed by atoms with Gasteiger partial charge in [-0.15, -0.1) is 0 Å². The minimum Gasteiger partial charge on any atom is -0.481 e. The molecule has 102 valence electrons. The Morgan fingerprint density at radius 1 is 1.44 bits per heavy atom. The molecule has 0 aromatic carbocycles. The largest absolute Gasteiger partial charge is 0.481 e. The Morgan fingerprint density at radius 3 is 2.56 bits per heavy atom. The van der Waals surface area contributed by atoms with Crippen molar-refractivity contribution in [2.24, 2.45) is 23.5 Å². The van der Waals surface area contributed by atoms with Crippen LogP contribution in [0.4, 0.5) is 0 Å². The van der Waals surface area contributed by atoms with Gasteiger partial charge in [0.1, 0.15) is 0 Å². The minimum atomic E-state index is -0.859. The van der Waals surface area contributed by atoms with Crippen LogP contribution >= 0.6 is 0 Å². The number of nitrogens with one attached hydrogen (secondary N) is 1. The van der Waals surface area contributed by atoms with Crippen LogP contribution in [-0.4, -0.2) is 29.6 Å². The molecule has 1 aliphatic carbocycles. The maximum absolute atomic E-state index is 11.8. The molecule has 0 radical (unpaired) electrons. The van der Waals surface area contributed by atoms with Gasteiger partial charge in [0.2, 0.25) is 5.91 Å². The highest BCUT2D eigenvalue weighted by Crippen LogP contribution is 2.17. The van der Waals surface area contributed by atoms with Crippen molar-refractivity contribution >= 4 is 11.9 Å². The molecule has 0 bridgehead atoms. The molecule has 0 aromatic rings. The molecule has 0 spiro atoms. The van der Waals surface area contributed by atoms with E-state index in [2.05, 4.69) is 5.32 Å². The number of aliphatic carboxylic acids is 1. The molecule has 5 nitrogen and oxygen atoms in total. The molecule has 0 fully saturated rings. The second kappa shape index (κ2) is 6.54. The van der Waals surface area contributed by atoms with Crippen molar-refractivity contribution in [3.63, 3.8) is 0 Å². The number of carbonyl (C=O) groups is 2. The van der Waals surface area contributed by atoms with Gasteiger partial charge in [-0.1, -0.05) is 26.0 Å². The first-order valence-electron chi connectivity index (χ1n) is 6.34. The fourth-order valence-electron chi connectivity index (χ4n) is 2.12. The number of amides is 1. The first-order valence-corrected chi connectivity index (χ1v) is 6.34. The van der Waals surface area contributed by atoms with Crippen LogP contribution in [0.15, 0.2) is 12.2 Å². The van der Waals surface area contributed by atoms with Gasteiger partial charge in [0.05, 0.1) is 11.8 Å². The third-order valence-corrected chi connectivity index (χ3v) is 3.08. The number of hydrogen-bond acceptors (Lipinski definition) is 3. The highest BCUT2D eigenvalue weighted by Gasteiger charge is 2.25. The van der Waals surface area contributed by atoms with Gasteiger partial charge in [0.25, 0.3) is 0 Å².